The molecule has 0 unspecified atom stereocenters. The minimum absolute atomic E-state index is 0.144. The summed E-state index contributed by atoms with van der Waals surface area (Å²) in [5.41, 5.74) is 1.33. The first-order chi connectivity index (χ1) is 14.1. The Morgan fingerprint density at radius 2 is 1.76 bits per heavy atom. The van der Waals surface area contributed by atoms with Crippen LogP contribution in [-0.4, -0.2) is 52.6 Å². The van der Waals surface area contributed by atoms with Gasteiger partial charge in [0, 0.05) is 24.0 Å². The van der Waals surface area contributed by atoms with Gasteiger partial charge in [0.05, 0.1) is 13.7 Å². The molecule has 0 atom stereocenters. The standard InChI is InChI=1S/C20H22N2O7/c1-25-6-7-29-20(24)22-15-5-3-4-14(12-15)21-19(23)13-10-16(26-2)18-17(11-13)27-8-9-28-18/h3-5,10-12H,6-9H2,1-2H3,(H,21,23)(H,22,24). The van der Waals surface area contributed by atoms with E-state index in [9.17, 15) is 9.59 Å². The van der Waals surface area contributed by atoms with Gasteiger partial charge in [-0.25, -0.2) is 4.79 Å². The number of methoxy groups -OCH3 is 2. The van der Waals surface area contributed by atoms with Gasteiger partial charge >= 0.3 is 6.09 Å². The highest BCUT2D eigenvalue weighted by molar-refractivity contribution is 6.05. The molecule has 1 aliphatic rings. The third-order valence-electron chi connectivity index (χ3n) is 3.98. The predicted octanol–water partition coefficient (Wildman–Crippen LogP) is 2.91. The molecule has 2 aromatic rings. The smallest absolute Gasteiger partial charge is 0.411 e. The Hall–Kier alpha value is -3.46. The van der Waals surface area contributed by atoms with Gasteiger partial charge in [-0.05, 0) is 30.3 Å². The van der Waals surface area contributed by atoms with Crippen LogP contribution in [0.15, 0.2) is 36.4 Å². The fourth-order valence-electron chi connectivity index (χ4n) is 2.65. The zero-order valence-electron chi connectivity index (χ0n) is 16.2. The number of ether oxygens (including phenoxy) is 5. The molecule has 2 N–H and O–H groups in total. The van der Waals surface area contributed by atoms with Gasteiger partial charge in [-0.3, -0.25) is 10.1 Å². The molecule has 0 saturated carbocycles. The van der Waals surface area contributed by atoms with E-state index in [4.69, 9.17) is 23.7 Å². The normalized spacial score (nSPS) is 12.1. The third-order valence-corrected chi connectivity index (χ3v) is 3.98. The Morgan fingerprint density at radius 1 is 1.00 bits per heavy atom. The molecule has 3 rings (SSSR count). The average Bonchev–Trinajstić information content (AvgIpc) is 2.73. The van der Waals surface area contributed by atoms with Gasteiger partial charge in [0.15, 0.2) is 11.5 Å². The summed E-state index contributed by atoms with van der Waals surface area (Å²) in [6.07, 6.45) is -0.609. The second-order valence-electron chi connectivity index (χ2n) is 5.99. The molecule has 0 aromatic heterocycles. The van der Waals surface area contributed by atoms with Crippen molar-refractivity contribution in [3.63, 3.8) is 0 Å². The Bertz CT molecular complexity index is 868. The minimum atomic E-state index is -0.609. The van der Waals surface area contributed by atoms with Crippen molar-refractivity contribution >= 4 is 23.4 Å². The number of carbonyl (C=O) groups is 2. The van der Waals surface area contributed by atoms with Crippen molar-refractivity contribution in [1.29, 1.82) is 0 Å². The first-order valence-corrected chi connectivity index (χ1v) is 8.92. The molecule has 29 heavy (non-hydrogen) atoms. The highest BCUT2D eigenvalue weighted by Gasteiger charge is 2.21. The lowest BCUT2D eigenvalue weighted by Gasteiger charge is -2.21. The summed E-state index contributed by atoms with van der Waals surface area (Å²) in [4.78, 5) is 24.4. The number of hydrogen-bond donors (Lipinski definition) is 2. The summed E-state index contributed by atoms with van der Waals surface area (Å²) >= 11 is 0. The van der Waals surface area contributed by atoms with Crippen LogP contribution < -0.4 is 24.8 Å². The summed E-state index contributed by atoms with van der Waals surface area (Å²) in [5.74, 6) is 0.991. The fraction of sp³-hybridized carbons (Fsp3) is 0.300. The van der Waals surface area contributed by atoms with E-state index in [1.54, 1.807) is 36.4 Å². The van der Waals surface area contributed by atoms with Crippen molar-refractivity contribution in [3.8, 4) is 17.2 Å². The maximum atomic E-state index is 12.7. The molecule has 0 aliphatic carbocycles. The maximum Gasteiger partial charge on any atom is 0.411 e. The molecular weight excluding hydrogens is 380 g/mol. The molecule has 2 aromatic carbocycles. The van der Waals surface area contributed by atoms with Crippen LogP contribution in [0.1, 0.15) is 10.4 Å². The molecule has 0 fully saturated rings. The van der Waals surface area contributed by atoms with Crippen LogP contribution in [0.5, 0.6) is 17.2 Å². The molecule has 0 saturated heterocycles. The van der Waals surface area contributed by atoms with Crippen LogP contribution in [0.2, 0.25) is 0 Å². The summed E-state index contributed by atoms with van der Waals surface area (Å²) < 4.78 is 26.2. The van der Waals surface area contributed by atoms with Gasteiger partial charge in [-0.1, -0.05) is 6.07 Å². The summed E-state index contributed by atoms with van der Waals surface area (Å²) in [7, 11) is 3.01. The summed E-state index contributed by atoms with van der Waals surface area (Å²) in [6.45, 7) is 1.27. The Labute approximate surface area is 167 Å². The Kier molecular flexibility index (Phi) is 6.75. The molecule has 0 radical (unpaired) electrons. The van der Waals surface area contributed by atoms with Gasteiger partial charge in [-0.15, -0.1) is 0 Å². The van der Waals surface area contributed by atoms with Crippen molar-refractivity contribution in [3.05, 3.63) is 42.0 Å². The van der Waals surface area contributed by atoms with E-state index in [0.717, 1.165) is 0 Å². The molecule has 154 valence electrons. The number of fused-ring (bicyclic) bond motifs is 1. The Balaban J connectivity index is 1.69. The van der Waals surface area contributed by atoms with Crippen molar-refractivity contribution in [2.45, 2.75) is 0 Å². The zero-order valence-corrected chi connectivity index (χ0v) is 16.2. The van der Waals surface area contributed by atoms with Crippen LogP contribution in [0.4, 0.5) is 16.2 Å². The zero-order chi connectivity index (χ0) is 20.6. The lowest BCUT2D eigenvalue weighted by atomic mass is 10.1. The van der Waals surface area contributed by atoms with Crippen LogP contribution in [0, 0.1) is 0 Å². The van der Waals surface area contributed by atoms with Gasteiger partial charge in [-0.2, -0.15) is 0 Å². The van der Waals surface area contributed by atoms with Crippen molar-refractivity contribution < 1.29 is 33.3 Å². The van der Waals surface area contributed by atoms with Crippen molar-refractivity contribution in [2.75, 3.05) is 51.3 Å². The first kappa shape index (κ1) is 20.3. The molecule has 2 amide bonds. The molecule has 1 aliphatic heterocycles. The van der Waals surface area contributed by atoms with E-state index in [1.807, 2.05) is 0 Å². The van der Waals surface area contributed by atoms with E-state index < -0.39 is 6.09 Å². The average molecular weight is 402 g/mol. The number of nitrogens with one attached hydrogen (secondary N) is 2. The SMILES string of the molecule is COCCOC(=O)Nc1cccc(NC(=O)c2cc(OC)c3c(c2)OCCO3)c1. The largest absolute Gasteiger partial charge is 0.493 e. The van der Waals surface area contributed by atoms with E-state index in [1.165, 1.54) is 14.2 Å². The number of benzene rings is 2. The fourth-order valence-corrected chi connectivity index (χ4v) is 2.65. The van der Waals surface area contributed by atoms with E-state index in [-0.39, 0.29) is 12.5 Å². The number of rotatable bonds is 7. The molecule has 0 spiro atoms. The molecular formula is C20H22N2O7. The number of anilines is 2. The lowest BCUT2D eigenvalue weighted by Crippen LogP contribution is -2.18. The monoisotopic (exact) mass is 402 g/mol. The number of hydrogen-bond acceptors (Lipinski definition) is 7. The molecule has 9 nitrogen and oxygen atoms in total. The maximum absolute atomic E-state index is 12.7. The van der Waals surface area contributed by atoms with Crippen LogP contribution in [0.25, 0.3) is 0 Å². The van der Waals surface area contributed by atoms with Crippen LogP contribution in [0.3, 0.4) is 0 Å². The van der Waals surface area contributed by atoms with Crippen molar-refractivity contribution in [2.24, 2.45) is 0 Å². The third kappa shape index (κ3) is 5.29. The molecule has 9 heteroatoms. The van der Waals surface area contributed by atoms with Crippen molar-refractivity contribution in [1.82, 2.24) is 0 Å². The lowest BCUT2D eigenvalue weighted by molar-refractivity contribution is 0.102. The highest BCUT2D eigenvalue weighted by atomic mass is 16.6. The van der Waals surface area contributed by atoms with Gasteiger partial charge < -0.3 is 29.0 Å². The van der Waals surface area contributed by atoms with Crippen LogP contribution in [-0.2, 0) is 9.47 Å². The molecule has 1 heterocycles. The van der Waals surface area contributed by atoms with Gasteiger partial charge in [0.25, 0.3) is 5.91 Å². The summed E-state index contributed by atoms with van der Waals surface area (Å²) in [5, 5.41) is 5.37. The van der Waals surface area contributed by atoms with Gasteiger partial charge in [0.2, 0.25) is 5.75 Å². The quantitative estimate of drug-likeness (QED) is 0.686. The second-order valence-corrected chi connectivity index (χ2v) is 5.99. The minimum Gasteiger partial charge on any atom is -0.493 e. The molecule has 0 bridgehead atoms. The highest BCUT2D eigenvalue weighted by Crippen LogP contribution is 2.40. The van der Waals surface area contributed by atoms with Gasteiger partial charge in [0.1, 0.15) is 19.8 Å². The second kappa shape index (κ2) is 9.65. The number of amides is 2. The predicted molar refractivity (Wildman–Crippen MR) is 105 cm³/mol. The van der Waals surface area contributed by atoms with E-state index in [0.29, 0.717) is 54.0 Å². The van der Waals surface area contributed by atoms with E-state index >= 15 is 0 Å². The Morgan fingerprint density at radius 3 is 2.52 bits per heavy atom. The number of carbonyl (C=O) groups excluding carboxylic acids is 2. The van der Waals surface area contributed by atoms with Crippen LogP contribution >= 0.6 is 0 Å². The summed E-state index contributed by atoms with van der Waals surface area (Å²) in [6, 6.07) is 9.88. The van der Waals surface area contributed by atoms with E-state index in [2.05, 4.69) is 10.6 Å². The first-order valence-electron chi connectivity index (χ1n) is 8.92. The topological polar surface area (TPSA) is 104 Å².